The molecule has 6 aromatic rings. The maximum atomic E-state index is 14.2. The van der Waals surface area contributed by atoms with Gasteiger partial charge in [0.25, 0.3) is 5.89 Å². The maximum Gasteiger partial charge on any atom is 0.278 e. The van der Waals surface area contributed by atoms with Gasteiger partial charge in [-0.05, 0) is 126 Å². The van der Waals surface area contributed by atoms with Crippen LogP contribution >= 0.6 is 12.6 Å². The summed E-state index contributed by atoms with van der Waals surface area (Å²) in [5, 5.41) is 31.1. The number of aliphatic hydroxyl groups is 2. The third kappa shape index (κ3) is 17.3. The summed E-state index contributed by atoms with van der Waals surface area (Å²) in [5.74, 6) is -3.12. The predicted molar refractivity (Wildman–Crippen MR) is 303 cm³/mol. The number of nitrogens with zero attached hydrogens (tertiary/aromatic N) is 7. The first-order chi connectivity index (χ1) is 36.7. The van der Waals surface area contributed by atoms with Gasteiger partial charge in [-0.15, -0.1) is 0 Å². The van der Waals surface area contributed by atoms with Crippen molar-refractivity contribution in [3.05, 3.63) is 159 Å². The molecule has 0 radical (unpaired) electrons. The second kappa shape index (κ2) is 31.4. The van der Waals surface area contributed by atoms with Crippen LogP contribution in [0.5, 0.6) is 0 Å². The molecule has 4 aromatic heterocycles. The first-order valence-electron chi connectivity index (χ1n) is 26.0. The van der Waals surface area contributed by atoms with Crippen molar-refractivity contribution in [2.24, 2.45) is 28.9 Å². The highest BCUT2D eigenvalue weighted by Crippen LogP contribution is 2.40. The summed E-state index contributed by atoms with van der Waals surface area (Å²) in [6.07, 6.45) is 14.8. The van der Waals surface area contributed by atoms with Crippen LogP contribution in [0.1, 0.15) is 168 Å². The second-order valence-corrected chi connectivity index (χ2v) is 17.6. The number of allylic oxidation sites excluding steroid dienone is 6. The number of hydrogen-bond acceptors (Lipinski definition) is 15. The lowest BCUT2D eigenvalue weighted by atomic mass is 9.79. The van der Waals surface area contributed by atoms with Crippen LogP contribution in [-0.4, -0.2) is 56.7 Å². The lowest BCUT2D eigenvalue weighted by Crippen LogP contribution is -2.23. The summed E-state index contributed by atoms with van der Waals surface area (Å²) >= 11 is 3.53. The molecule has 11 N–H and O–H groups in total. The van der Waals surface area contributed by atoms with Crippen molar-refractivity contribution < 1.29 is 32.3 Å². The average Bonchev–Trinajstić information content (AvgIpc) is 4.15. The smallest absolute Gasteiger partial charge is 0.278 e. The zero-order chi connectivity index (χ0) is 58.4. The molecule has 2 aliphatic carbocycles. The number of aromatic amines is 1. The molecule has 0 saturated carbocycles. The Balaban J connectivity index is 0.000000454. The number of nitrogens with one attached hydrogen (secondary N) is 1. The fourth-order valence-electron chi connectivity index (χ4n) is 7.94. The van der Waals surface area contributed by atoms with Crippen molar-refractivity contribution >= 4 is 24.0 Å². The van der Waals surface area contributed by atoms with E-state index in [0.29, 0.717) is 64.0 Å². The Bertz CT molecular complexity index is 2880. The monoisotopic (exact) mass is 1090 g/mol. The van der Waals surface area contributed by atoms with Gasteiger partial charge in [-0.2, -0.15) is 22.7 Å². The SMILES string of the molecule is CC.CC.CC.CC.CC(C)(O)c1noc(-c2cncc(C3CCCC(/C=C(\N)c4c(F)cccc4F)=C3N)n2)n1.CC1CCC(c2cncc(-c3cc(C(C)(C)O)[nH]n3)n2)C(N)=C1/C=C(\N)c1c(F)cccc1F.CS. The van der Waals surface area contributed by atoms with Crippen LogP contribution in [0.2, 0.25) is 0 Å². The van der Waals surface area contributed by atoms with Gasteiger partial charge < -0.3 is 37.7 Å². The minimum absolute atomic E-state index is 0.0171. The molecule has 420 valence electrons. The lowest BCUT2D eigenvalue weighted by molar-refractivity contribution is 0.0660. The molecular weight excluding hydrogens is 1010 g/mol. The standard InChI is InChI=1S/C25H28F2N6O.C23H24F2N6O2.4C2H6.CH4S/c1-13-7-8-14(24(29)15(13)9-18(28)23-16(26)5-4-6-17(23)27)20-11-30-12-21(31-20)19-10-22(33-32-19)25(2,3)34;1-23(2,32)22-30-21(33-31-22)18-11-28-10-17(29-18)13-6-3-5-12(20(13)27)9-16(26)19-14(24)7-4-8-15(19)25;5*1-2/h4-6,9-14,34H,7-8,28-29H2,1-3H3,(H,32,33);4,7-11,13,32H,3,5-6,26-27H2,1-2H3;4*1-2H3;2H,1H3/b18-9-;16-9-;;;;;. The highest BCUT2D eigenvalue weighted by Gasteiger charge is 2.30. The van der Waals surface area contributed by atoms with Crippen LogP contribution < -0.4 is 22.9 Å². The Morgan fingerprint density at radius 2 is 1.14 bits per heavy atom. The molecule has 3 atom stereocenters. The molecule has 2 aromatic carbocycles. The Labute approximate surface area is 457 Å². The molecule has 2 aliphatic rings. The van der Waals surface area contributed by atoms with E-state index in [9.17, 15) is 27.8 Å². The number of H-pyrrole nitrogens is 1. The summed E-state index contributed by atoms with van der Waals surface area (Å²) in [6.45, 7) is 24.4. The number of nitrogens with two attached hydrogens (primary N) is 4. The highest BCUT2D eigenvalue weighted by molar-refractivity contribution is 7.79. The van der Waals surface area contributed by atoms with Gasteiger partial charge in [0.1, 0.15) is 51.6 Å². The molecule has 4 heterocycles. The number of benzene rings is 2. The lowest BCUT2D eigenvalue weighted by Gasteiger charge is -2.29. The minimum atomic E-state index is -1.26. The molecular formula is C57H80F4N12O3S. The van der Waals surface area contributed by atoms with E-state index in [1.54, 1.807) is 64.7 Å². The van der Waals surface area contributed by atoms with Gasteiger partial charge in [0.2, 0.25) is 5.82 Å². The molecule has 20 heteroatoms. The van der Waals surface area contributed by atoms with E-state index in [-0.39, 0.29) is 52.0 Å². The van der Waals surface area contributed by atoms with Crippen LogP contribution in [0, 0.1) is 29.2 Å². The predicted octanol–water partition coefficient (Wildman–Crippen LogP) is 12.3. The van der Waals surface area contributed by atoms with Crippen LogP contribution in [-0.2, 0) is 11.2 Å². The Morgan fingerprint density at radius 1 is 0.662 bits per heavy atom. The normalized spacial score (nSPS) is 16.5. The maximum absolute atomic E-state index is 14.2. The molecule has 15 nitrogen and oxygen atoms in total. The Hall–Kier alpha value is -6.90. The summed E-state index contributed by atoms with van der Waals surface area (Å²) < 4.78 is 61.9. The van der Waals surface area contributed by atoms with Crippen LogP contribution in [0.3, 0.4) is 0 Å². The van der Waals surface area contributed by atoms with Crippen molar-refractivity contribution in [1.29, 1.82) is 0 Å². The van der Waals surface area contributed by atoms with E-state index in [4.69, 9.17) is 32.4 Å². The zero-order valence-electron chi connectivity index (χ0n) is 47.0. The molecule has 0 fully saturated rings. The van der Waals surface area contributed by atoms with E-state index in [0.717, 1.165) is 37.0 Å². The fourth-order valence-corrected chi connectivity index (χ4v) is 7.94. The van der Waals surface area contributed by atoms with Crippen LogP contribution in [0.25, 0.3) is 34.4 Å². The van der Waals surface area contributed by atoms with Crippen molar-refractivity contribution in [2.75, 3.05) is 6.26 Å². The van der Waals surface area contributed by atoms with Crippen molar-refractivity contribution in [3.8, 4) is 23.0 Å². The van der Waals surface area contributed by atoms with Gasteiger partial charge in [0, 0.05) is 47.0 Å². The molecule has 0 aliphatic heterocycles. The topological polar surface area (TPSA) is 264 Å². The van der Waals surface area contributed by atoms with Crippen molar-refractivity contribution in [3.63, 3.8) is 0 Å². The summed E-state index contributed by atoms with van der Waals surface area (Å²) in [4.78, 5) is 22.1. The summed E-state index contributed by atoms with van der Waals surface area (Å²) in [6, 6.07) is 8.96. The molecule has 0 spiro atoms. The molecule has 8 rings (SSSR count). The molecule has 0 saturated heterocycles. The first-order valence-corrected chi connectivity index (χ1v) is 26.9. The molecule has 0 bridgehead atoms. The quantitative estimate of drug-likeness (QED) is 0.0469. The van der Waals surface area contributed by atoms with Gasteiger partial charge in [-0.3, -0.25) is 15.1 Å². The zero-order valence-corrected chi connectivity index (χ0v) is 47.9. The summed E-state index contributed by atoms with van der Waals surface area (Å²) in [7, 11) is 0. The average molecular weight is 1090 g/mol. The third-order valence-electron chi connectivity index (χ3n) is 11.7. The number of halogens is 4. The van der Waals surface area contributed by atoms with Gasteiger partial charge >= 0.3 is 0 Å². The minimum Gasteiger partial charge on any atom is -0.401 e. The first kappa shape index (κ1) is 66.2. The van der Waals surface area contributed by atoms with E-state index in [2.05, 4.69) is 47.9 Å². The van der Waals surface area contributed by atoms with Gasteiger partial charge in [0.05, 0.1) is 40.6 Å². The second-order valence-electron chi connectivity index (χ2n) is 17.6. The third-order valence-corrected chi connectivity index (χ3v) is 11.7. The van der Waals surface area contributed by atoms with Gasteiger partial charge in [0.15, 0.2) is 0 Å². The molecule has 77 heavy (non-hydrogen) atoms. The molecule has 0 amide bonds. The number of hydrogen-bond donors (Lipinski definition) is 8. The summed E-state index contributed by atoms with van der Waals surface area (Å²) in [5.41, 5.74) is 28.0. The number of thiol groups is 1. The van der Waals surface area contributed by atoms with Gasteiger partial charge in [-0.1, -0.05) is 79.6 Å². The Kier molecular flexibility index (Phi) is 27.0. The van der Waals surface area contributed by atoms with E-state index < -0.39 is 34.5 Å². The number of aromatic nitrogens is 8. The highest BCUT2D eigenvalue weighted by atomic mass is 32.1. The van der Waals surface area contributed by atoms with E-state index >= 15 is 0 Å². The van der Waals surface area contributed by atoms with Gasteiger partial charge in [-0.25, -0.2) is 27.5 Å². The van der Waals surface area contributed by atoms with Crippen LogP contribution in [0.4, 0.5) is 17.6 Å². The number of rotatable bonds is 10. The van der Waals surface area contributed by atoms with Crippen molar-refractivity contribution in [1.82, 2.24) is 40.3 Å². The van der Waals surface area contributed by atoms with E-state index in [1.807, 2.05) is 62.3 Å². The largest absolute Gasteiger partial charge is 0.401 e. The molecule has 3 unspecified atom stereocenters. The van der Waals surface area contributed by atoms with Crippen molar-refractivity contribution in [2.45, 2.75) is 145 Å². The Morgan fingerprint density at radius 3 is 1.62 bits per heavy atom. The van der Waals surface area contributed by atoms with Crippen LogP contribution in [0.15, 0.2) is 106 Å². The fraction of sp³-hybridized carbons (Fsp3) is 0.421. The van der Waals surface area contributed by atoms with E-state index in [1.165, 1.54) is 36.5 Å².